The fourth-order valence-electron chi connectivity index (χ4n) is 1.93. The minimum absolute atomic E-state index is 0.0252. The highest BCUT2D eigenvalue weighted by Crippen LogP contribution is 2.27. The topological polar surface area (TPSA) is 63.3 Å². The molecule has 0 fully saturated rings. The van der Waals surface area contributed by atoms with Crippen molar-refractivity contribution in [2.24, 2.45) is 0 Å². The second-order valence-corrected chi connectivity index (χ2v) is 3.91. The van der Waals surface area contributed by atoms with Gasteiger partial charge in [-0.15, -0.1) is 0 Å². The van der Waals surface area contributed by atoms with E-state index in [1.54, 1.807) is 18.5 Å². The molecule has 88 valence electrons. The number of nitrogens with zero attached hydrogens (tertiary/aromatic N) is 1. The first kappa shape index (κ1) is 10.5. The average Bonchev–Trinajstić information content (AvgIpc) is 2.82. The molecule has 0 atom stereocenters. The first-order chi connectivity index (χ1) is 8.75. The van der Waals surface area contributed by atoms with Crippen molar-refractivity contribution in [2.75, 3.05) is 0 Å². The predicted molar refractivity (Wildman–Crippen MR) is 66.4 cm³/mol. The van der Waals surface area contributed by atoms with E-state index in [0.717, 1.165) is 16.5 Å². The van der Waals surface area contributed by atoms with Gasteiger partial charge in [-0.05, 0) is 23.8 Å². The van der Waals surface area contributed by atoms with Crippen LogP contribution in [0.15, 0.2) is 53.4 Å². The highest BCUT2D eigenvalue weighted by molar-refractivity contribution is 6.02. The Labute approximate surface area is 103 Å². The molecule has 0 aliphatic carbocycles. The largest absolute Gasteiger partial charge is 0.475 e. The summed E-state index contributed by atoms with van der Waals surface area (Å²) in [7, 11) is 0. The van der Waals surface area contributed by atoms with Crippen LogP contribution in [0.1, 0.15) is 10.6 Å². The van der Waals surface area contributed by atoms with Gasteiger partial charge in [-0.1, -0.05) is 12.1 Å². The summed E-state index contributed by atoms with van der Waals surface area (Å²) < 4.78 is 5.05. The number of carbonyl (C=O) groups is 1. The Morgan fingerprint density at radius 2 is 2.11 bits per heavy atom. The lowest BCUT2D eigenvalue weighted by molar-refractivity contribution is 0.0665. The Hall–Kier alpha value is -2.62. The van der Waals surface area contributed by atoms with Crippen LogP contribution in [-0.2, 0) is 0 Å². The predicted octanol–water partition coefficient (Wildman–Crippen LogP) is 3.19. The SMILES string of the molecule is O=C(O)c1occ2cc(-c3cccnc3)ccc12. The van der Waals surface area contributed by atoms with E-state index < -0.39 is 5.97 Å². The minimum Gasteiger partial charge on any atom is -0.475 e. The van der Waals surface area contributed by atoms with Crippen molar-refractivity contribution in [2.45, 2.75) is 0 Å². The summed E-state index contributed by atoms with van der Waals surface area (Å²) in [5.41, 5.74) is 1.96. The number of fused-ring (bicyclic) bond motifs is 1. The molecule has 4 nitrogen and oxygen atoms in total. The third kappa shape index (κ3) is 1.64. The maximum absolute atomic E-state index is 10.9. The molecule has 0 aliphatic heterocycles. The van der Waals surface area contributed by atoms with E-state index in [4.69, 9.17) is 9.52 Å². The van der Waals surface area contributed by atoms with Gasteiger partial charge in [-0.25, -0.2) is 4.79 Å². The van der Waals surface area contributed by atoms with Gasteiger partial charge in [0.1, 0.15) is 0 Å². The zero-order valence-corrected chi connectivity index (χ0v) is 9.33. The number of aromatic carboxylic acids is 1. The van der Waals surface area contributed by atoms with E-state index in [2.05, 4.69) is 4.98 Å². The van der Waals surface area contributed by atoms with Crippen LogP contribution in [0.3, 0.4) is 0 Å². The molecule has 0 aliphatic rings. The molecule has 3 rings (SSSR count). The van der Waals surface area contributed by atoms with E-state index in [1.807, 2.05) is 24.3 Å². The maximum Gasteiger partial charge on any atom is 0.372 e. The number of hydrogen-bond donors (Lipinski definition) is 1. The van der Waals surface area contributed by atoms with Crippen LogP contribution in [0.25, 0.3) is 21.9 Å². The third-order valence-electron chi connectivity index (χ3n) is 2.79. The second-order valence-electron chi connectivity index (χ2n) is 3.91. The van der Waals surface area contributed by atoms with E-state index in [-0.39, 0.29) is 5.76 Å². The van der Waals surface area contributed by atoms with Crippen molar-refractivity contribution in [1.82, 2.24) is 4.98 Å². The molecule has 0 saturated heterocycles. The van der Waals surface area contributed by atoms with Crippen molar-refractivity contribution in [3.8, 4) is 11.1 Å². The van der Waals surface area contributed by atoms with Gasteiger partial charge >= 0.3 is 5.97 Å². The highest BCUT2D eigenvalue weighted by atomic mass is 16.4. The van der Waals surface area contributed by atoms with Crippen LogP contribution < -0.4 is 0 Å². The fourth-order valence-corrected chi connectivity index (χ4v) is 1.93. The van der Waals surface area contributed by atoms with Gasteiger partial charge in [-0.3, -0.25) is 4.98 Å². The van der Waals surface area contributed by atoms with Crippen molar-refractivity contribution >= 4 is 16.7 Å². The molecule has 0 bridgehead atoms. The van der Waals surface area contributed by atoms with Crippen LogP contribution in [-0.4, -0.2) is 16.1 Å². The van der Waals surface area contributed by atoms with E-state index >= 15 is 0 Å². The van der Waals surface area contributed by atoms with Crippen molar-refractivity contribution in [3.63, 3.8) is 0 Å². The number of benzene rings is 1. The Balaban J connectivity index is 2.16. The molecule has 2 aromatic heterocycles. The van der Waals surface area contributed by atoms with Crippen LogP contribution in [0.5, 0.6) is 0 Å². The lowest BCUT2D eigenvalue weighted by Gasteiger charge is -2.00. The number of carboxylic acids is 1. The lowest BCUT2D eigenvalue weighted by atomic mass is 10.0. The Morgan fingerprint density at radius 3 is 2.83 bits per heavy atom. The van der Waals surface area contributed by atoms with Crippen molar-refractivity contribution in [3.05, 3.63) is 54.7 Å². The van der Waals surface area contributed by atoms with Gasteiger partial charge in [0, 0.05) is 28.7 Å². The Morgan fingerprint density at radius 1 is 1.22 bits per heavy atom. The smallest absolute Gasteiger partial charge is 0.372 e. The molecule has 1 aromatic carbocycles. The van der Waals surface area contributed by atoms with Crippen molar-refractivity contribution in [1.29, 1.82) is 0 Å². The average molecular weight is 239 g/mol. The highest BCUT2D eigenvalue weighted by Gasteiger charge is 2.13. The minimum atomic E-state index is -1.06. The second kappa shape index (κ2) is 4.00. The summed E-state index contributed by atoms with van der Waals surface area (Å²) in [5.74, 6) is -1.08. The van der Waals surface area contributed by atoms with Gasteiger partial charge in [0.25, 0.3) is 0 Å². The molecule has 0 spiro atoms. The van der Waals surface area contributed by atoms with Crippen LogP contribution in [0.2, 0.25) is 0 Å². The number of hydrogen-bond acceptors (Lipinski definition) is 3. The van der Waals surface area contributed by atoms with Crippen molar-refractivity contribution < 1.29 is 14.3 Å². The fraction of sp³-hybridized carbons (Fsp3) is 0. The normalized spacial score (nSPS) is 10.7. The van der Waals surface area contributed by atoms with Gasteiger partial charge < -0.3 is 9.52 Å². The first-order valence-corrected chi connectivity index (χ1v) is 5.40. The number of furan rings is 1. The monoisotopic (exact) mass is 239 g/mol. The molecule has 2 heterocycles. The van der Waals surface area contributed by atoms with Crippen LogP contribution in [0.4, 0.5) is 0 Å². The molecule has 18 heavy (non-hydrogen) atoms. The summed E-state index contributed by atoms with van der Waals surface area (Å²) in [5, 5.41) is 10.3. The molecule has 0 unspecified atom stereocenters. The molecule has 0 saturated carbocycles. The maximum atomic E-state index is 10.9. The first-order valence-electron chi connectivity index (χ1n) is 5.40. The summed E-state index contributed by atoms with van der Waals surface area (Å²) in [6.45, 7) is 0. The summed E-state index contributed by atoms with van der Waals surface area (Å²) in [6, 6.07) is 9.32. The van der Waals surface area contributed by atoms with E-state index in [1.165, 1.54) is 6.26 Å². The molecule has 0 radical (unpaired) electrons. The summed E-state index contributed by atoms with van der Waals surface area (Å²) >= 11 is 0. The molecule has 1 N–H and O–H groups in total. The van der Waals surface area contributed by atoms with Gasteiger partial charge in [0.15, 0.2) is 0 Å². The summed E-state index contributed by atoms with van der Waals surface area (Å²) in [6.07, 6.45) is 4.93. The van der Waals surface area contributed by atoms with Gasteiger partial charge in [0.2, 0.25) is 5.76 Å². The Bertz CT molecular complexity index is 716. The zero-order chi connectivity index (χ0) is 12.5. The standard InChI is InChI=1S/C14H9NO3/c16-14(17)13-12-4-3-9(6-11(12)8-18-13)10-2-1-5-15-7-10/h1-8H,(H,16,17). The van der Waals surface area contributed by atoms with Gasteiger partial charge in [-0.2, -0.15) is 0 Å². The zero-order valence-electron chi connectivity index (χ0n) is 9.33. The molecule has 4 heteroatoms. The molecule has 0 amide bonds. The van der Waals surface area contributed by atoms with E-state index in [9.17, 15) is 4.79 Å². The lowest BCUT2D eigenvalue weighted by Crippen LogP contribution is -1.93. The summed E-state index contributed by atoms with van der Waals surface area (Å²) in [4.78, 5) is 15.0. The van der Waals surface area contributed by atoms with Gasteiger partial charge in [0.05, 0.1) is 6.26 Å². The van der Waals surface area contributed by atoms with E-state index in [0.29, 0.717) is 5.39 Å². The quantitative estimate of drug-likeness (QED) is 0.745. The number of pyridine rings is 1. The molecule has 3 aromatic rings. The number of rotatable bonds is 2. The van der Waals surface area contributed by atoms with Crippen LogP contribution >= 0.6 is 0 Å². The number of carboxylic acid groups (broad SMARTS) is 1. The third-order valence-corrected chi connectivity index (χ3v) is 2.79. The van der Waals surface area contributed by atoms with Crippen LogP contribution in [0, 0.1) is 0 Å². The molecular weight excluding hydrogens is 230 g/mol. The molecular formula is C14H9NO3. The number of aromatic nitrogens is 1. The Kier molecular flexibility index (Phi) is 2.34.